The third-order valence-corrected chi connectivity index (χ3v) is 1.89. The average molecular weight is 181 g/mol. The van der Waals surface area contributed by atoms with Crippen molar-refractivity contribution in [2.45, 2.75) is 12.6 Å². The van der Waals surface area contributed by atoms with Crippen LogP contribution in [0.3, 0.4) is 0 Å². The zero-order valence-corrected chi connectivity index (χ0v) is 7.20. The number of halogens is 1. The van der Waals surface area contributed by atoms with Crippen molar-refractivity contribution >= 4 is 0 Å². The lowest BCUT2D eigenvalue weighted by Gasteiger charge is -2.11. The Bertz CT molecular complexity index is 312. The molecule has 3 N–H and O–H groups in total. The van der Waals surface area contributed by atoms with Crippen LogP contribution in [0, 0.1) is 5.82 Å². The molecule has 0 heterocycles. The average Bonchev–Trinajstić information content (AvgIpc) is 2.16. The summed E-state index contributed by atoms with van der Waals surface area (Å²) in [6.07, 6.45) is 1.51. The first-order chi connectivity index (χ1) is 6.19. The van der Waals surface area contributed by atoms with Crippen LogP contribution in [0.4, 0.5) is 4.39 Å². The van der Waals surface area contributed by atoms with Gasteiger partial charge >= 0.3 is 0 Å². The molecule has 0 spiro atoms. The van der Waals surface area contributed by atoms with Crippen LogP contribution in [0.2, 0.25) is 0 Å². The van der Waals surface area contributed by atoms with Crippen molar-refractivity contribution < 1.29 is 9.50 Å². The van der Waals surface area contributed by atoms with Crippen molar-refractivity contribution in [1.29, 1.82) is 0 Å². The van der Waals surface area contributed by atoms with Crippen LogP contribution in [-0.2, 0) is 6.61 Å². The molecule has 0 fully saturated rings. The Morgan fingerprint density at radius 3 is 2.85 bits per heavy atom. The minimum Gasteiger partial charge on any atom is -0.392 e. The standard InChI is InChI=1S/C10H12FNO/c1-2-10(12)9-5-8(11)4-3-7(9)6-13/h2-5,10,13H,1,6,12H2. The SMILES string of the molecule is C=CC(N)c1cc(F)ccc1CO. The summed E-state index contributed by atoms with van der Waals surface area (Å²) in [5.41, 5.74) is 6.86. The summed E-state index contributed by atoms with van der Waals surface area (Å²) < 4.78 is 12.8. The highest BCUT2D eigenvalue weighted by atomic mass is 19.1. The Hall–Kier alpha value is -1.19. The van der Waals surface area contributed by atoms with Crippen LogP contribution in [0.25, 0.3) is 0 Å². The summed E-state index contributed by atoms with van der Waals surface area (Å²) in [5, 5.41) is 8.94. The van der Waals surface area contributed by atoms with Crippen LogP contribution in [0.1, 0.15) is 17.2 Å². The van der Waals surface area contributed by atoms with Gasteiger partial charge in [0.05, 0.1) is 6.61 Å². The van der Waals surface area contributed by atoms with Gasteiger partial charge in [-0.3, -0.25) is 0 Å². The largest absolute Gasteiger partial charge is 0.392 e. The maximum atomic E-state index is 12.8. The van der Waals surface area contributed by atoms with Gasteiger partial charge in [-0.15, -0.1) is 6.58 Å². The van der Waals surface area contributed by atoms with Crippen molar-refractivity contribution in [3.63, 3.8) is 0 Å². The lowest BCUT2D eigenvalue weighted by atomic mass is 10.0. The van der Waals surface area contributed by atoms with Gasteiger partial charge in [-0.25, -0.2) is 4.39 Å². The number of benzene rings is 1. The third kappa shape index (κ3) is 2.14. The van der Waals surface area contributed by atoms with E-state index in [1.807, 2.05) is 0 Å². The first-order valence-electron chi connectivity index (χ1n) is 3.96. The number of rotatable bonds is 3. The van der Waals surface area contributed by atoms with Crippen molar-refractivity contribution in [3.8, 4) is 0 Å². The molecule has 13 heavy (non-hydrogen) atoms. The summed E-state index contributed by atoms with van der Waals surface area (Å²) in [4.78, 5) is 0. The van der Waals surface area contributed by atoms with Gasteiger partial charge in [0.1, 0.15) is 5.82 Å². The van der Waals surface area contributed by atoms with Gasteiger partial charge in [0.2, 0.25) is 0 Å². The Labute approximate surface area is 76.5 Å². The van der Waals surface area contributed by atoms with Gasteiger partial charge in [0, 0.05) is 6.04 Å². The second kappa shape index (κ2) is 4.16. The molecule has 0 bridgehead atoms. The smallest absolute Gasteiger partial charge is 0.123 e. The lowest BCUT2D eigenvalue weighted by Crippen LogP contribution is -2.10. The van der Waals surface area contributed by atoms with Crippen molar-refractivity contribution in [2.24, 2.45) is 5.73 Å². The van der Waals surface area contributed by atoms with Gasteiger partial charge < -0.3 is 10.8 Å². The number of hydrogen-bond donors (Lipinski definition) is 2. The summed E-state index contributed by atoms with van der Waals surface area (Å²) in [6.45, 7) is 3.37. The summed E-state index contributed by atoms with van der Waals surface area (Å²) >= 11 is 0. The van der Waals surface area contributed by atoms with Crippen LogP contribution < -0.4 is 5.73 Å². The molecule has 1 atom stereocenters. The second-order valence-electron chi connectivity index (χ2n) is 2.76. The predicted molar refractivity (Wildman–Crippen MR) is 49.4 cm³/mol. The first-order valence-corrected chi connectivity index (χ1v) is 3.96. The number of nitrogens with two attached hydrogens (primary N) is 1. The summed E-state index contributed by atoms with van der Waals surface area (Å²) in [5.74, 6) is -0.357. The molecular weight excluding hydrogens is 169 g/mol. The summed E-state index contributed by atoms with van der Waals surface area (Å²) in [6, 6.07) is 3.70. The van der Waals surface area contributed by atoms with E-state index >= 15 is 0 Å². The van der Waals surface area contributed by atoms with Crippen LogP contribution >= 0.6 is 0 Å². The van der Waals surface area contributed by atoms with Crippen molar-refractivity contribution in [1.82, 2.24) is 0 Å². The minimum absolute atomic E-state index is 0.142. The van der Waals surface area contributed by atoms with Crippen molar-refractivity contribution in [2.75, 3.05) is 0 Å². The Morgan fingerprint density at radius 2 is 2.31 bits per heavy atom. The molecule has 0 amide bonds. The molecule has 0 aromatic heterocycles. The van der Waals surface area contributed by atoms with E-state index in [1.54, 1.807) is 0 Å². The van der Waals surface area contributed by atoms with E-state index in [4.69, 9.17) is 10.8 Å². The molecule has 1 rings (SSSR count). The van der Waals surface area contributed by atoms with E-state index in [0.717, 1.165) is 0 Å². The Kier molecular flexibility index (Phi) is 3.17. The fourth-order valence-electron chi connectivity index (χ4n) is 1.15. The monoisotopic (exact) mass is 181 g/mol. The fourth-order valence-corrected chi connectivity index (χ4v) is 1.15. The maximum absolute atomic E-state index is 12.8. The number of hydrogen-bond acceptors (Lipinski definition) is 2. The second-order valence-corrected chi connectivity index (χ2v) is 2.76. The third-order valence-electron chi connectivity index (χ3n) is 1.89. The highest BCUT2D eigenvalue weighted by Gasteiger charge is 2.08. The lowest BCUT2D eigenvalue weighted by molar-refractivity contribution is 0.280. The molecule has 0 aliphatic heterocycles. The Balaban J connectivity index is 3.14. The molecule has 0 saturated carbocycles. The predicted octanol–water partition coefficient (Wildman–Crippen LogP) is 1.50. The van der Waals surface area contributed by atoms with Crippen LogP contribution in [0.5, 0.6) is 0 Å². The molecule has 1 aromatic carbocycles. The quantitative estimate of drug-likeness (QED) is 0.694. The summed E-state index contributed by atoms with van der Waals surface area (Å²) in [7, 11) is 0. The zero-order chi connectivity index (χ0) is 9.84. The maximum Gasteiger partial charge on any atom is 0.123 e. The molecule has 3 heteroatoms. The van der Waals surface area contributed by atoms with E-state index in [0.29, 0.717) is 11.1 Å². The number of aliphatic hydroxyl groups is 1. The van der Waals surface area contributed by atoms with E-state index < -0.39 is 6.04 Å². The molecule has 0 aliphatic carbocycles. The van der Waals surface area contributed by atoms with Gasteiger partial charge in [0.25, 0.3) is 0 Å². The van der Waals surface area contributed by atoms with Gasteiger partial charge in [-0.1, -0.05) is 12.1 Å². The Morgan fingerprint density at radius 1 is 1.62 bits per heavy atom. The van der Waals surface area contributed by atoms with Gasteiger partial charge in [-0.05, 0) is 23.3 Å². The van der Waals surface area contributed by atoms with E-state index in [-0.39, 0.29) is 12.4 Å². The van der Waals surface area contributed by atoms with Crippen molar-refractivity contribution in [3.05, 3.63) is 47.8 Å². The topological polar surface area (TPSA) is 46.2 Å². The fraction of sp³-hybridized carbons (Fsp3) is 0.200. The minimum atomic E-state index is -0.433. The normalized spacial score (nSPS) is 12.5. The highest BCUT2D eigenvalue weighted by molar-refractivity contribution is 5.32. The molecule has 1 unspecified atom stereocenters. The molecule has 0 aliphatic rings. The first kappa shape index (κ1) is 9.89. The van der Waals surface area contributed by atoms with E-state index in [2.05, 4.69) is 6.58 Å². The molecular formula is C10H12FNO. The van der Waals surface area contributed by atoms with Crippen LogP contribution in [0.15, 0.2) is 30.9 Å². The highest BCUT2D eigenvalue weighted by Crippen LogP contribution is 2.18. The van der Waals surface area contributed by atoms with Crippen LogP contribution in [-0.4, -0.2) is 5.11 Å². The van der Waals surface area contributed by atoms with E-state index in [9.17, 15) is 4.39 Å². The van der Waals surface area contributed by atoms with Gasteiger partial charge in [-0.2, -0.15) is 0 Å². The zero-order valence-electron chi connectivity index (χ0n) is 7.20. The molecule has 1 aromatic rings. The molecule has 0 saturated heterocycles. The molecule has 0 radical (unpaired) electrons. The van der Waals surface area contributed by atoms with E-state index in [1.165, 1.54) is 24.3 Å². The molecule has 2 nitrogen and oxygen atoms in total. The van der Waals surface area contributed by atoms with Gasteiger partial charge in [0.15, 0.2) is 0 Å². The molecule has 70 valence electrons. The number of aliphatic hydroxyl groups excluding tert-OH is 1.